The van der Waals surface area contributed by atoms with Gasteiger partial charge in [-0.1, -0.05) is 23.2 Å². The van der Waals surface area contributed by atoms with Gasteiger partial charge in [0, 0.05) is 33.9 Å². The molecule has 0 saturated heterocycles. The number of carboxylic acid groups (broad SMARTS) is 1. The van der Waals surface area contributed by atoms with Crippen molar-refractivity contribution in [3.8, 4) is 0 Å². The van der Waals surface area contributed by atoms with E-state index in [4.69, 9.17) is 28.3 Å². The van der Waals surface area contributed by atoms with Gasteiger partial charge in [0.2, 0.25) is 10.0 Å². The lowest BCUT2D eigenvalue weighted by molar-refractivity contribution is 0.0697. The van der Waals surface area contributed by atoms with Crippen LogP contribution in [0.5, 0.6) is 0 Å². The van der Waals surface area contributed by atoms with E-state index in [1.54, 1.807) is 0 Å². The number of hydrogen-bond acceptors (Lipinski definition) is 4. The normalized spacial score (nSPS) is 14.7. The van der Waals surface area contributed by atoms with Crippen molar-refractivity contribution in [1.29, 1.82) is 0 Å². The Morgan fingerprint density at radius 1 is 1.43 bits per heavy atom. The third-order valence-electron chi connectivity index (χ3n) is 2.36. The molecule has 1 rings (SSSR count). The van der Waals surface area contributed by atoms with Crippen LogP contribution in [0.1, 0.15) is 17.3 Å². The Morgan fingerprint density at radius 2 is 2.00 bits per heavy atom. The summed E-state index contributed by atoms with van der Waals surface area (Å²) in [7, 11) is -5.27. The Kier molecular flexibility index (Phi) is 6.18. The number of halogens is 2. The Balaban J connectivity index is 3.26. The van der Waals surface area contributed by atoms with Crippen LogP contribution in [0.15, 0.2) is 17.0 Å². The summed E-state index contributed by atoms with van der Waals surface area (Å²) < 4.78 is 37.8. The van der Waals surface area contributed by atoms with Crippen LogP contribution in [0.2, 0.25) is 10.0 Å². The van der Waals surface area contributed by atoms with E-state index < -0.39 is 48.3 Å². The van der Waals surface area contributed by atoms with Gasteiger partial charge in [-0.3, -0.25) is 4.21 Å². The van der Waals surface area contributed by atoms with Gasteiger partial charge in [0.15, 0.2) is 0 Å². The van der Waals surface area contributed by atoms with Crippen molar-refractivity contribution in [3.63, 3.8) is 0 Å². The van der Waals surface area contributed by atoms with Gasteiger partial charge in [-0.2, -0.15) is 0 Å². The molecule has 21 heavy (non-hydrogen) atoms. The van der Waals surface area contributed by atoms with Crippen LogP contribution in [0.4, 0.5) is 0 Å². The van der Waals surface area contributed by atoms with Gasteiger partial charge < -0.3 is 5.11 Å². The monoisotopic (exact) mass is 373 g/mol. The summed E-state index contributed by atoms with van der Waals surface area (Å²) in [6.07, 6.45) is 1.44. The number of sulfonamides is 1. The second kappa shape index (κ2) is 7.06. The number of benzene rings is 1. The summed E-state index contributed by atoms with van der Waals surface area (Å²) in [6, 6.07) is 1.52. The van der Waals surface area contributed by atoms with Crippen molar-refractivity contribution in [3.05, 3.63) is 27.7 Å². The Hall–Kier alpha value is -0.670. The molecule has 0 aliphatic heterocycles. The molecule has 0 radical (unpaired) electrons. The third-order valence-corrected chi connectivity index (χ3v) is 5.69. The van der Waals surface area contributed by atoms with Gasteiger partial charge >= 0.3 is 5.97 Å². The van der Waals surface area contributed by atoms with Crippen molar-refractivity contribution < 1.29 is 22.5 Å². The summed E-state index contributed by atoms with van der Waals surface area (Å²) in [5, 5.41) is 8.49. The predicted octanol–water partition coefficient (Wildman–Crippen LogP) is 1.74. The highest BCUT2D eigenvalue weighted by Crippen LogP contribution is 2.29. The summed E-state index contributed by atoms with van der Waals surface area (Å²) in [5.41, 5.74) is -0.406. The Labute approximate surface area is 135 Å². The second-order valence-electron chi connectivity index (χ2n) is 4.33. The molecule has 0 fully saturated rings. The van der Waals surface area contributed by atoms with Crippen molar-refractivity contribution in [2.24, 2.45) is 0 Å². The number of nitrogens with one attached hydrogen (secondary N) is 1. The quantitative estimate of drug-likeness (QED) is 0.790. The number of aromatic carboxylic acids is 1. The molecular formula is C11H13Cl2NO5S2. The molecule has 2 unspecified atom stereocenters. The summed E-state index contributed by atoms with van der Waals surface area (Å²) >= 11 is 11.6. The maximum atomic E-state index is 12.2. The fourth-order valence-corrected chi connectivity index (χ4v) is 4.67. The maximum Gasteiger partial charge on any atom is 0.337 e. The molecule has 0 aromatic heterocycles. The van der Waals surface area contributed by atoms with E-state index in [0.29, 0.717) is 0 Å². The highest BCUT2D eigenvalue weighted by Gasteiger charge is 2.25. The molecule has 2 atom stereocenters. The molecule has 0 saturated carbocycles. The summed E-state index contributed by atoms with van der Waals surface area (Å²) in [4.78, 5) is 10.6. The minimum atomic E-state index is -4.08. The van der Waals surface area contributed by atoms with Gasteiger partial charge in [-0.05, 0) is 19.1 Å². The van der Waals surface area contributed by atoms with Crippen LogP contribution in [0, 0.1) is 0 Å². The lowest BCUT2D eigenvalue weighted by Crippen LogP contribution is -2.36. The molecule has 6 nitrogen and oxygen atoms in total. The summed E-state index contributed by atoms with van der Waals surface area (Å²) in [5.74, 6) is -1.27. The molecular weight excluding hydrogens is 361 g/mol. The summed E-state index contributed by atoms with van der Waals surface area (Å²) in [6.45, 7) is 1.54. The smallest absolute Gasteiger partial charge is 0.337 e. The van der Waals surface area contributed by atoms with Gasteiger partial charge in [0.05, 0.1) is 10.6 Å². The minimum Gasteiger partial charge on any atom is -0.478 e. The standard InChI is InChI=1S/C11H13Cl2NO5S2/c1-6(5-20(2)17)14-21(18,19)9-4-7(12)3-8(10(9)13)11(15)16/h3-4,6,14H,5H2,1-2H3,(H,15,16). The van der Waals surface area contributed by atoms with E-state index in [1.165, 1.54) is 13.2 Å². The minimum absolute atomic E-state index is 0.0658. The third kappa shape index (κ3) is 4.93. The van der Waals surface area contributed by atoms with Crippen molar-refractivity contribution in [2.45, 2.75) is 17.9 Å². The zero-order valence-corrected chi connectivity index (χ0v) is 14.2. The molecule has 0 aliphatic rings. The highest BCUT2D eigenvalue weighted by atomic mass is 35.5. The van der Waals surface area contributed by atoms with Crippen molar-refractivity contribution in [2.75, 3.05) is 12.0 Å². The lowest BCUT2D eigenvalue weighted by atomic mass is 10.2. The molecule has 2 N–H and O–H groups in total. The first-order valence-electron chi connectivity index (χ1n) is 5.59. The van der Waals surface area contributed by atoms with E-state index in [2.05, 4.69) is 4.72 Å². The SMILES string of the molecule is CC(CS(C)=O)NS(=O)(=O)c1cc(Cl)cc(C(=O)O)c1Cl. The zero-order valence-electron chi connectivity index (χ0n) is 11.1. The van der Waals surface area contributed by atoms with Gasteiger partial charge in [0.1, 0.15) is 4.90 Å². The molecule has 0 heterocycles. The van der Waals surface area contributed by atoms with E-state index >= 15 is 0 Å². The first-order valence-corrected chi connectivity index (χ1v) is 9.56. The predicted molar refractivity (Wildman–Crippen MR) is 82.1 cm³/mol. The molecule has 0 spiro atoms. The number of carbonyl (C=O) groups is 1. The lowest BCUT2D eigenvalue weighted by Gasteiger charge is -2.15. The first-order chi connectivity index (χ1) is 9.54. The van der Waals surface area contributed by atoms with Crippen LogP contribution >= 0.6 is 23.2 Å². The molecule has 10 heteroatoms. The van der Waals surface area contributed by atoms with Gasteiger partial charge in [0.25, 0.3) is 0 Å². The number of hydrogen-bond donors (Lipinski definition) is 2. The molecule has 118 valence electrons. The van der Waals surface area contributed by atoms with Crippen molar-refractivity contribution >= 4 is 50.0 Å². The van der Waals surface area contributed by atoms with Gasteiger partial charge in [-0.15, -0.1) is 0 Å². The molecule has 1 aromatic carbocycles. The van der Waals surface area contributed by atoms with Crippen molar-refractivity contribution in [1.82, 2.24) is 4.72 Å². The topological polar surface area (TPSA) is 101 Å². The first kappa shape index (κ1) is 18.4. The number of rotatable bonds is 6. The average molecular weight is 374 g/mol. The molecule has 0 aliphatic carbocycles. The fourth-order valence-electron chi connectivity index (χ4n) is 1.63. The van der Waals surface area contributed by atoms with E-state index in [0.717, 1.165) is 12.1 Å². The second-order valence-corrected chi connectivity index (χ2v) is 8.31. The van der Waals surface area contributed by atoms with Crippen LogP contribution < -0.4 is 4.72 Å². The highest BCUT2D eigenvalue weighted by molar-refractivity contribution is 7.89. The Morgan fingerprint density at radius 3 is 2.48 bits per heavy atom. The van der Waals surface area contributed by atoms with E-state index in [9.17, 15) is 17.4 Å². The van der Waals surface area contributed by atoms with Crippen LogP contribution in [-0.4, -0.2) is 41.8 Å². The molecule has 1 aromatic rings. The zero-order chi connectivity index (χ0) is 16.4. The Bertz CT molecular complexity index is 690. The maximum absolute atomic E-state index is 12.2. The fraction of sp³-hybridized carbons (Fsp3) is 0.364. The van der Waals surface area contributed by atoms with Crippen LogP contribution in [-0.2, 0) is 20.8 Å². The molecule has 0 bridgehead atoms. The molecule has 0 amide bonds. The largest absolute Gasteiger partial charge is 0.478 e. The van der Waals surface area contributed by atoms with Gasteiger partial charge in [-0.25, -0.2) is 17.9 Å². The van der Waals surface area contributed by atoms with Crippen LogP contribution in [0.3, 0.4) is 0 Å². The average Bonchev–Trinajstić information content (AvgIpc) is 2.29. The van der Waals surface area contributed by atoms with E-state index in [-0.39, 0.29) is 10.8 Å². The number of carboxylic acids is 1. The van der Waals surface area contributed by atoms with E-state index in [1.807, 2.05) is 0 Å². The van der Waals surface area contributed by atoms with Crippen LogP contribution in [0.25, 0.3) is 0 Å².